The second-order valence-corrected chi connectivity index (χ2v) is 1.59. The molecule has 1 aromatic rings. The van der Waals surface area contributed by atoms with Gasteiger partial charge in [0.1, 0.15) is 5.69 Å². The zero-order chi connectivity index (χ0) is 6.69. The Hall–Kier alpha value is -1.38. The Morgan fingerprint density at radius 2 is 2.56 bits per heavy atom. The maximum Gasteiger partial charge on any atom is 0.103 e. The van der Waals surface area contributed by atoms with Gasteiger partial charge in [0.05, 0.1) is 11.9 Å². The third-order valence-electron chi connectivity index (χ3n) is 1.00. The van der Waals surface area contributed by atoms with E-state index in [2.05, 4.69) is 16.7 Å². The number of aliphatic imine (C=N–C) groups is 1. The van der Waals surface area contributed by atoms with Crippen molar-refractivity contribution in [2.45, 2.75) is 0 Å². The van der Waals surface area contributed by atoms with E-state index in [9.17, 15) is 0 Å². The minimum absolute atomic E-state index is 0. The van der Waals surface area contributed by atoms with Crippen molar-refractivity contribution >= 4 is 18.1 Å². The first-order chi connectivity index (χ1) is 4.34. The number of anilines is 1. The van der Waals surface area contributed by atoms with Gasteiger partial charge in [-0.2, -0.15) is 0 Å². The summed E-state index contributed by atoms with van der Waals surface area (Å²) in [5, 5.41) is 0. The van der Waals surface area contributed by atoms with Gasteiger partial charge in [0.15, 0.2) is 0 Å². The summed E-state index contributed by atoms with van der Waals surface area (Å²) >= 11 is 0. The lowest BCUT2D eigenvalue weighted by Gasteiger charge is -1.93. The molecule has 0 radical (unpaired) electrons. The lowest BCUT2D eigenvalue weighted by molar-refractivity contribution is 1.31. The standard InChI is InChI=1S/C6H7N3.H2/c1-8-6-4-9-3-2-5(6)7;/h2-4H,1H2,(H2,7,9);1H. The van der Waals surface area contributed by atoms with Crippen molar-refractivity contribution in [1.82, 2.24) is 4.98 Å². The summed E-state index contributed by atoms with van der Waals surface area (Å²) in [5.41, 5.74) is 6.70. The molecule has 1 rings (SSSR count). The van der Waals surface area contributed by atoms with Crippen LogP contribution in [0, 0.1) is 0 Å². The van der Waals surface area contributed by atoms with E-state index in [1.165, 1.54) is 0 Å². The molecule has 0 aromatic carbocycles. The fourth-order valence-corrected chi connectivity index (χ4v) is 0.529. The molecule has 3 nitrogen and oxygen atoms in total. The molecule has 0 aliphatic rings. The number of nitrogens with zero attached hydrogens (tertiary/aromatic N) is 2. The van der Waals surface area contributed by atoms with E-state index in [4.69, 9.17) is 5.73 Å². The summed E-state index contributed by atoms with van der Waals surface area (Å²) < 4.78 is 0. The van der Waals surface area contributed by atoms with E-state index in [-0.39, 0.29) is 1.43 Å². The minimum atomic E-state index is 0. The van der Waals surface area contributed by atoms with Crippen LogP contribution in [0.2, 0.25) is 0 Å². The summed E-state index contributed by atoms with van der Waals surface area (Å²) in [6.07, 6.45) is 3.19. The monoisotopic (exact) mass is 123 g/mol. The largest absolute Gasteiger partial charge is 0.397 e. The lowest BCUT2D eigenvalue weighted by Crippen LogP contribution is -1.84. The molecule has 0 spiro atoms. The summed E-state index contributed by atoms with van der Waals surface area (Å²) in [4.78, 5) is 7.44. The number of hydrogen-bond acceptors (Lipinski definition) is 3. The summed E-state index contributed by atoms with van der Waals surface area (Å²) in [6, 6.07) is 1.68. The molecule has 0 aliphatic carbocycles. The lowest BCUT2D eigenvalue weighted by atomic mass is 10.4. The van der Waals surface area contributed by atoms with Gasteiger partial charge in [-0.05, 0) is 12.8 Å². The Kier molecular flexibility index (Phi) is 1.44. The first kappa shape index (κ1) is 5.75. The van der Waals surface area contributed by atoms with Crippen LogP contribution in [0.5, 0.6) is 0 Å². The number of aromatic nitrogens is 1. The Labute approximate surface area is 54.7 Å². The van der Waals surface area contributed by atoms with Gasteiger partial charge in [-0.15, -0.1) is 0 Å². The second-order valence-electron chi connectivity index (χ2n) is 1.59. The van der Waals surface area contributed by atoms with Gasteiger partial charge in [0.2, 0.25) is 0 Å². The Morgan fingerprint density at radius 3 is 3.00 bits per heavy atom. The second kappa shape index (κ2) is 2.26. The van der Waals surface area contributed by atoms with Crippen LogP contribution in [0.15, 0.2) is 23.5 Å². The van der Waals surface area contributed by atoms with Crippen LogP contribution >= 0.6 is 0 Å². The van der Waals surface area contributed by atoms with Gasteiger partial charge in [-0.25, -0.2) is 0 Å². The predicted octanol–water partition coefficient (Wildman–Crippen LogP) is 1.24. The van der Waals surface area contributed by atoms with Crippen molar-refractivity contribution < 1.29 is 1.43 Å². The average molecular weight is 123 g/mol. The Balaban J connectivity index is 0.000000810. The van der Waals surface area contributed by atoms with E-state index < -0.39 is 0 Å². The summed E-state index contributed by atoms with van der Waals surface area (Å²) in [6.45, 7) is 3.32. The van der Waals surface area contributed by atoms with Crippen molar-refractivity contribution in [2.75, 3.05) is 5.73 Å². The highest BCUT2D eigenvalue weighted by atomic mass is 14.8. The van der Waals surface area contributed by atoms with Crippen molar-refractivity contribution in [3.8, 4) is 0 Å². The van der Waals surface area contributed by atoms with Crippen molar-refractivity contribution in [2.24, 2.45) is 4.99 Å². The van der Waals surface area contributed by atoms with Crippen LogP contribution in [0.3, 0.4) is 0 Å². The molecule has 1 heterocycles. The molecule has 2 N–H and O–H groups in total. The highest BCUT2D eigenvalue weighted by molar-refractivity contribution is 5.62. The molecule has 0 aliphatic heterocycles. The zero-order valence-corrected chi connectivity index (χ0v) is 4.91. The fourth-order valence-electron chi connectivity index (χ4n) is 0.529. The molecule has 1 aromatic heterocycles. The molecule has 48 valence electrons. The minimum Gasteiger partial charge on any atom is -0.397 e. The highest BCUT2D eigenvalue weighted by Crippen LogP contribution is 2.17. The topological polar surface area (TPSA) is 51.3 Å². The quantitative estimate of drug-likeness (QED) is 0.571. The molecular weight excluding hydrogens is 114 g/mol. The van der Waals surface area contributed by atoms with Gasteiger partial charge < -0.3 is 5.73 Å². The third kappa shape index (κ3) is 1.05. The Bertz CT molecular complexity index is 224. The maximum atomic E-state index is 5.46. The van der Waals surface area contributed by atoms with Crippen LogP contribution in [0.25, 0.3) is 0 Å². The van der Waals surface area contributed by atoms with E-state index in [1.807, 2.05) is 0 Å². The first-order valence-corrected chi connectivity index (χ1v) is 2.51. The molecule has 3 heteroatoms. The molecule has 0 unspecified atom stereocenters. The zero-order valence-electron chi connectivity index (χ0n) is 4.91. The molecular formula is C6H9N3. The number of nitrogens with two attached hydrogens (primary N) is 1. The van der Waals surface area contributed by atoms with Crippen LogP contribution in [-0.4, -0.2) is 11.7 Å². The van der Waals surface area contributed by atoms with Gasteiger partial charge in [0, 0.05) is 7.62 Å². The maximum absolute atomic E-state index is 5.46. The van der Waals surface area contributed by atoms with Gasteiger partial charge >= 0.3 is 0 Å². The van der Waals surface area contributed by atoms with Crippen LogP contribution in [0.4, 0.5) is 11.4 Å². The first-order valence-electron chi connectivity index (χ1n) is 2.51. The molecule has 0 atom stereocenters. The highest BCUT2D eigenvalue weighted by Gasteiger charge is 1.90. The van der Waals surface area contributed by atoms with Gasteiger partial charge in [0.25, 0.3) is 0 Å². The van der Waals surface area contributed by atoms with Gasteiger partial charge in [-0.3, -0.25) is 9.98 Å². The van der Waals surface area contributed by atoms with Crippen molar-refractivity contribution in [3.05, 3.63) is 18.5 Å². The van der Waals surface area contributed by atoms with E-state index in [0.29, 0.717) is 11.4 Å². The van der Waals surface area contributed by atoms with E-state index >= 15 is 0 Å². The Morgan fingerprint density at radius 1 is 1.78 bits per heavy atom. The summed E-state index contributed by atoms with van der Waals surface area (Å²) in [7, 11) is 0. The van der Waals surface area contributed by atoms with Crippen LogP contribution in [0.1, 0.15) is 1.43 Å². The molecule has 0 bridgehead atoms. The van der Waals surface area contributed by atoms with Crippen LogP contribution < -0.4 is 5.73 Å². The number of nitrogen functional groups attached to an aromatic ring is 1. The average Bonchev–Trinajstić information content (AvgIpc) is 1.89. The molecule has 0 saturated heterocycles. The van der Waals surface area contributed by atoms with Crippen molar-refractivity contribution in [1.29, 1.82) is 0 Å². The SMILES string of the molecule is C=Nc1cnccc1N.[HH]. The smallest absolute Gasteiger partial charge is 0.103 e. The van der Waals surface area contributed by atoms with Crippen molar-refractivity contribution in [3.63, 3.8) is 0 Å². The number of rotatable bonds is 1. The normalized spacial score (nSPS) is 8.89. The van der Waals surface area contributed by atoms with E-state index in [1.54, 1.807) is 18.5 Å². The molecule has 0 amide bonds. The molecule has 9 heavy (non-hydrogen) atoms. The fraction of sp³-hybridized carbons (Fsp3) is 0. The van der Waals surface area contributed by atoms with E-state index in [0.717, 1.165) is 0 Å². The number of hydrogen-bond donors (Lipinski definition) is 1. The van der Waals surface area contributed by atoms with Gasteiger partial charge in [-0.1, -0.05) is 0 Å². The predicted molar refractivity (Wildman–Crippen MR) is 40.0 cm³/mol. The number of pyridine rings is 1. The molecule has 0 fully saturated rings. The third-order valence-corrected chi connectivity index (χ3v) is 1.00. The van der Waals surface area contributed by atoms with Crippen LogP contribution in [-0.2, 0) is 0 Å². The summed E-state index contributed by atoms with van der Waals surface area (Å²) in [5.74, 6) is 0. The molecule has 0 saturated carbocycles.